The zero-order chi connectivity index (χ0) is 16.7. The van der Waals surface area contributed by atoms with Crippen LogP contribution in [0.1, 0.15) is 46.3 Å². The average Bonchev–Trinajstić information content (AvgIpc) is 3.31. The van der Waals surface area contributed by atoms with Crippen LogP contribution >= 0.6 is 0 Å². The second-order valence-electron chi connectivity index (χ2n) is 6.43. The molecular formula is C18H19N5O. The summed E-state index contributed by atoms with van der Waals surface area (Å²) in [5, 5.41) is 7.39. The summed E-state index contributed by atoms with van der Waals surface area (Å²) in [5.74, 6) is 0.846. The fourth-order valence-electron chi connectivity index (χ4n) is 2.89. The van der Waals surface area contributed by atoms with Crippen molar-refractivity contribution in [3.8, 4) is 0 Å². The van der Waals surface area contributed by atoms with E-state index in [1.54, 1.807) is 10.7 Å². The maximum Gasteiger partial charge on any atom is 0.291 e. The molecule has 1 aliphatic carbocycles. The number of aromatic nitrogens is 4. The lowest BCUT2D eigenvalue weighted by Crippen LogP contribution is -2.30. The molecule has 1 N–H and O–H groups in total. The Hall–Kier alpha value is -2.76. The number of carbonyl (C=O) groups is 1. The molecule has 0 saturated heterocycles. The topological polar surface area (TPSA) is 72.2 Å². The first-order valence-electron chi connectivity index (χ1n) is 8.17. The molecule has 3 aromatic rings. The molecule has 0 radical (unpaired) electrons. The number of hydrogen-bond acceptors (Lipinski definition) is 4. The molecular weight excluding hydrogens is 302 g/mol. The normalized spacial score (nSPS) is 15.4. The fraction of sp³-hybridized carbons (Fsp3) is 0.333. The first-order valence-corrected chi connectivity index (χ1v) is 8.17. The standard InChI is InChI=1S/C18H19N5O/c1-11-3-5-13(6-4-11)15(14-7-8-14)20-17(24)16-21-18-19-10-9-12(2)23(18)22-16/h3-6,9-10,14-15H,7-8H2,1-2H3,(H,20,24). The number of nitrogens with one attached hydrogen (secondary N) is 1. The molecule has 1 unspecified atom stereocenters. The van der Waals surface area contributed by atoms with Gasteiger partial charge in [0.05, 0.1) is 6.04 Å². The smallest absolute Gasteiger partial charge is 0.291 e. The number of aryl methyl sites for hydroxylation is 2. The summed E-state index contributed by atoms with van der Waals surface area (Å²) in [4.78, 5) is 21.0. The summed E-state index contributed by atoms with van der Waals surface area (Å²) in [6, 6.07) is 10.2. The van der Waals surface area contributed by atoms with Gasteiger partial charge in [0.2, 0.25) is 5.82 Å². The van der Waals surface area contributed by atoms with Gasteiger partial charge in [-0.05, 0) is 44.2 Å². The Bertz CT molecular complexity index is 895. The monoisotopic (exact) mass is 321 g/mol. The lowest BCUT2D eigenvalue weighted by atomic mass is 10.0. The van der Waals surface area contributed by atoms with E-state index >= 15 is 0 Å². The van der Waals surface area contributed by atoms with Crippen LogP contribution in [0, 0.1) is 19.8 Å². The van der Waals surface area contributed by atoms with Crippen molar-refractivity contribution in [1.82, 2.24) is 24.9 Å². The van der Waals surface area contributed by atoms with Crippen molar-refractivity contribution in [1.29, 1.82) is 0 Å². The molecule has 6 nitrogen and oxygen atoms in total. The largest absolute Gasteiger partial charge is 0.342 e. The molecule has 1 aliphatic rings. The molecule has 24 heavy (non-hydrogen) atoms. The van der Waals surface area contributed by atoms with E-state index in [9.17, 15) is 4.79 Å². The van der Waals surface area contributed by atoms with Crippen LogP contribution < -0.4 is 5.32 Å². The van der Waals surface area contributed by atoms with Crippen LogP contribution in [0.3, 0.4) is 0 Å². The quantitative estimate of drug-likeness (QED) is 0.802. The highest BCUT2D eigenvalue weighted by Gasteiger charge is 2.34. The summed E-state index contributed by atoms with van der Waals surface area (Å²) < 4.78 is 1.59. The molecule has 2 heterocycles. The number of amides is 1. The van der Waals surface area contributed by atoms with Gasteiger partial charge in [0.1, 0.15) is 0 Å². The number of carbonyl (C=O) groups excluding carboxylic acids is 1. The molecule has 0 spiro atoms. The minimum absolute atomic E-state index is 0.0127. The molecule has 1 aromatic carbocycles. The van der Waals surface area contributed by atoms with Crippen LogP contribution in [-0.2, 0) is 0 Å². The van der Waals surface area contributed by atoms with Gasteiger partial charge in [0.15, 0.2) is 0 Å². The minimum Gasteiger partial charge on any atom is -0.342 e. The first kappa shape index (κ1) is 14.8. The van der Waals surface area contributed by atoms with Crippen LogP contribution in [0.2, 0.25) is 0 Å². The van der Waals surface area contributed by atoms with Crippen LogP contribution in [0.15, 0.2) is 36.5 Å². The van der Waals surface area contributed by atoms with Gasteiger partial charge >= 0.3 is 0 Å². The molecule has 4 rings (SSSR count). The predicted octanol–water partition coefficient (Wildman–Crippen LogP) is 2.62. The van der Waals surface area contributed by atoms with Crippen LogP contribution in [0.4, 0.5) is 0 Å². The van der Waals surface area contributed by atoms with E-state index < -0.39 is 0 Å². The summed E-state index contributed by atoms with van der Waals surface area (Å²) in [6.45, 7) is 3.97. The molecule has 1 saturated carbocycles. The molecule has 1 atom stereocenters. The third-order valence-electron chi connectivity index (χ3n) is 4.45. The number of hydrogen-bond donors (Lipinski definition) is 1. The Kier molecular flexibility index (Phi) is 3.52. The van der Waals surface area contributed by atoms with Crippen molar-refractivity contribution in [3.05, 3.63) is 59.2 Å². The average molecular weight is 321 g/mol. The summed E-state index contributed by atoms with van der Waals surface area (Å²) in [5.41, 5.74) is 3.24. The van der Waals surface area contributed by atoms with E-state index in [2.05, 4.69) is 51.6 Å². The van der Waals surface area contributed by atoms with E-state index in [0.717, 1.165) is 24.1 Å². The molecule has 122 valence electrons. The lowest BCUT2D eigenvalue weighted by Gasteiger charge is -2.18. The second kappa shape index (κ2) is 5.70. The molecule has 2 aromatic heterocycles. The van der Waals surface area contributed by atoms with E-state index in [4.69, 9.17) is 0 Å². The maximum absolute atomic E-state index is 12.6. The highest BCUT2D eigenvalue weighted by atomic mass is 16.2. The molecule has 0 aliphatic heterocycles. The zero-order valence-corrected chi connectivity index (χ0v) is 13.7. The number of benzene rings is 1. The van der Waals surface area contributed by atoms with Crippen molar-refractivity contribution >= 4 is 11.7 Å². The van der Waals surface area contributed by atoms with Gasteiger partial charge in [-0.15, -0.1) is 5.10 Å². The highest BCUT2D eigenvalue weighted by Crippen LogP contribution is 2.41. The predicted molar refractivity (Wildman–Crippen MR) is 89.6 cm³/mol. The zero-order valence-electron chi connectivity index (χ0n) is 13.7. The number of rotatable bonds is 4. The van der Waals surface area contributed by atoms with Crippen molar-refractivity contribution in [2.75, 3.05) is 0 Å². The summed E-state index contributed by atoms with van der Waals surface area (Å²) in [6.07, 6.45) is 3.94. The van der Waals surface area contributed by atoms with E-state index in [1.165, 1.54) is 5.56 Å². The highest BCUT2D eigenvalue weighted by molar-refractivity contribution is 5.91. The molecule has 1 fully saturated rings. The second-order valence-corrected chi connectivity index (χ2v) is 6.43. The van der Waals surface area contributed by atoms with Crippen LogP contribution in [-0.4, -0.2) is 25.5 Å². The van der Waals surface area contributed by atoms with Gasteiger partial charge in [-0.3, -0.25) is 4.79 Å². The van der Waals surface area contributed by atoms with Gasteiger partial charge < -0.3 is 5.32 Å². The van der Waals surface area contributed by atoms with Crippen LogP contribution in [0.25, 0.3) is 5.78 Å². The Morgan fingerprint density at radius 3 is 2.62 bits per heavy atom. The van der Waals surface area contributed by atoms with Crippen molar-refractivity contribution in [3.63, 3.8) is 0 Å². The van der Waals surface area contributed by atoms with Crippen LogP contribution in [0.5, 0.6) is 0 Å². The number of fused-ring (bicyclic) bond motifs is 1. The third-order valence-corrected chi connectivity index (χ3v) is 4.45. The third kappa shape index (κ3) is 2.75. The van der Waals surface area contributed by atoms with Crippen molar-refractivity contribution in [2.24, 2.45) is 5.92 Å². The van der Waals surface area contributed by atoms with Crippen molar-refractivity contribution in [2.45, 2.75) is 32.7 Å². The maximum atomic E-state index is 12.6. The molecule has 1 amide bonds. The number of nitrogens with zero attached hydrogens (tertiary/aromatic N) is 4. The first-order chi connectivity index (χ1) is 11.6. The Labute approximate surface area is 139 Å². The van der Waals surface area contributed by atoms with Gasteiger partial charge in [-0.1, -0.05) is 29.8 Å². The van der Waals surface area contributed by atoms with Crippen molar-refractivity contribution < 1.29 is 4.79 Å². The SMILES string of the molecule is Cc1ccc(C(NC(=O)c2nc3nccc(C)n3n2)C2CC2)cc1. The summed E-state index contributed by atoms with van der Waals surface area (Å²) >= 11 is 0. The Morgan fingerprint density at radius 1 is 1.21 bits per heavy atom. The minimum atomic E-state index is -0.252. The van der Waals surface area contributed by atoms with Gasteiger partial charge in [-0.25, -0.2) is 9.50 Å². The molecule has 6 heteroatoms. The fourth-order valence-corrected chi connectivity index (χ4v) is 2.89. The van der Waals surface area contributed by atoms with Gasteiger partial charge in [0, 0.05) is 11.9 Å². The van der Waals surface area contributed by atoms with E-state index in [0.29, 0.717) is 11.7 Å². The van der Waals surface area contributed by atoms with Gasteiger partial charge in [0.25, 0.3) is 11.7 Å². The van der Waals surface area contributed by atoms with Gasteiger partial charge in [-0.2, -0.15) is 4.98 Å². The Morgan fingerprint density at radius 2 is 1.96 bits per heavy atom. The van der Waals surface area contributed by atoms with E-state index in [1.807, 2.05) is 13.0 Å². The van der Waals surface area contributed by atoms with E-state index in [-0.39, 0.29) is 17.8 Å². The lowest BCUT2D eigenvalue weighted by molar-refractivity contribution is 0.0921. The Balaban J connectivity index is 1.60. The summed E-state index contributed by atoms with van der Waals surface area (Å²) in [7, 11) is 0. The molecule has 0 bridgehead atoms.